The Bertz CT molecular complexity index is 471. The summed E-state index contributed by atoms with van der Waals surface area (Å²) in [7, 11) is 0. The molecule has 1 aromatic rings. The summed E-state index contributed by atoms with van der Waals surface area (Å²) in [4.78, 5) is 0. The van der Waals surface area contributed by atoms with Crippen LogP contribution in [0.5, 0.6) is 0 Å². The van der Waals surface area contributed by atoms with Crippen LogP contribution in [0.25, 0.3) is 0 Å². The lowest BCUT2D eigenvalue weighted by Gasteiger charge is -2.34. The highest BCUT2D eigenvalue weighted by Crippen LogP contribution is 2.48. The Labute approximate surface area is 121 Å². The second-order valence-electron chi connectivity index (χ2n) is 3.95. The van der Waals surface area contributed by atoms with E-state index in [2.05, 4.69) is 28.4 Å². The summed E-state index contributed by atoms with van der Waals surface area (Å²) in [6.07, 6.45) is -1.46. The number of rotatable bonds is 5. The molecule has 0 saturated heterocycles. The fourth-order valence-electron chi connectivity index (χ4n) is 1.43. The first-order valence-electron chi connectivity index (χ1n) is 5.15. The van der Waals surface area contributed by atoms with E-state index in [1.165, 1.54) is 24.3 Å². The fourth-order valence-corrected chi connectivity index (χ4v) is 1.85. The molecule has 2 N–H and O–H groups in total. The lowest BCUT2D eigenvalue weighted by molar-refractivity contribution is -0.212. The summed E-state index contributed by atoms with van der Waals surface area (Å²) in [5.74, 6) is 0. The molecule has 0 atom stereocenters. The van der Waals surface area contributed by atoms with Gasteiger partial charge in [-0.2, -0.15) is 17.6 Å². The Balaban J connectivity index is 3.21. The zero-order chi connectivity index (χ0) is 15.6. The Hall–Kier alpha value is -1.05. The molecule has 0 aliphatic rings. The number of aliphatic hydroxyl groups is 1. The van der Waals surface area contributed by atoms with Gasteiger partial charge in [0, 0.05) is 6.42 Å². The van der Waals surface area contributed by atoms with Crippen LogP contribution in [-0.2, 0) is 0 Å². The maximum Gasteiger partial charge on any atom is 0.357 e. The van der Waals surface area contributed by atoms with E-state index in [4.69, 9.17) is 5.21 Å². The summed E-state index contributed by atoms with van der Waals surface area (Å²) >= 11 is 9.06. The molecule has 9 heteroatoms. The summed E-state index contributed by atoms with van der Waals surface area (Å²) in [5.41, 5.74) is -4.69. The number of benzene rings is 1. The molecule has 0 unspecified atom stereocenters. The predicted octanol–water partition coefficient (Wildman–Crippen LogP) is 3.65. The van der Waals surface area contributed by atoms with Gasteiger partial charge in [-0.3, -0.25) is 0 Å². The number of oxime groups is 1. The molecule has 1 aromatic carbocycles. The van der Waals surface area contributed by atoms with Gasteiger partial charge in [0.15, 0.2) is 0 Å². The van der Waals surface area contributed by atoms with E-state index in [-0.39, 0.29) is 5.56 Å². The maximum absolute atomic E-state index is 13.1. The van der Waals surface area contributed by atoms with Crippen molar-refractivity contribution in [2.24, 2.45) is 5.16 Å². The highest BCUT2D eigenvalue weighted by atomic mass is 35.5. The van der Waals surface area contributed by atoms with Crippen molar-refractivity contribution in [3.05, 3.63) is 35.9 Å². The molecule has 0 spiro atoms. The van der Waals surface area contributed by atoms with Gasteiger partial charge in [-0.1, -0.05) is 35.5 Å². The van der Waals surface area contributed by atoms with Crippen LogP contribution in [0.2, 0.25) is 0 Å². The zero-order valence-electron chi connectivity index (χ0n) is 9.70. The average molecular weight is 334 g/mol. The number of hydrogen-bond acceptors (Lipinski definition) is 3. The average Bonchev–Trinajstić information content (AvgIpc) is 2.34. The summed E-state index contributed by atoms with van der Waals surface area (Å²) in [6.45, 7) is 0. The van der Waals surface area contributed by atoms with Gasteiger partial charge in [-0.05, 0) is 28.8 Å². The Morgan fingerprint density at radius 1 is 1.05 bits per heavy atom. The van der Waals surface area contributed by atoms with Crippen LogP contribution in [0, 0.1) is 0 Å². The van der Waals surface area contributed by atoms with Crippen molar-refractivity contribution in [2.45, 2.75) is 22.8 Å². The van der Waals surface area contributed by atoms with Crippen molar-refractivity contribution in [2.75, 3.05) is 0 Å². The topological polar surface area (TPSA) is 52.8 Å². The molecule has 112 valence electrons. The van der Waals surface area contributed by atoms with Crippen LogP contribution in [0.1, 0.15) is 12.0 Å². The van der Waals surface area contributed by atoms with Crippen molar-refractivity contribution < 1.29 is 27.9 Å². The molecule has 0 saturated carbocycles. The highest BCUT2D eigenvalue weighted by molar-refractivity contribution is 6.27. The Morgan fingerprint density at radius 3 is 1.85 bits per heavy atom. The summed E-state index contributed by atoms with van der Waals surface area (Å²) < 4.78 is 52.4. The van der Waals surface area contributed by atoms with Crippen molar-refractivity contribution in [1.29, 1.82) is 0 Å². The largest absolute Gasteiger partial charge is 0.411 e. The van der Waals surface area contributed by atoms with E-state index < -0.39 is 28.5 Å². The van der Waals surface area contributed by atoms with Gasteiger partial charge in [-0.15, -0.1) is 0 Å². The summed E-state index contributed by atoms with van der Waals surface area (Å²) in [6, 6.07) is 7.11. The lowest BCUT2D eigenvalue weighted by Crippen LogP contribution is -2.57. The van der Waals surface area contributed by atoms with Crippen molar-refractivity contribution in [1.82, 2.24) is 0 Å². The molecule has 3 nitrogen and oxygen atoms in total. The number of nitrogens with zero attached hydrogens (tertiary/aromatic N) is 1. The SMILES string of the molecule is O/N=C(/CC(O)(C(F)(F)Cl)C(F)(F)Cl)c1ccccc1. The van der Waals surface area contributed by atoms with Gasteiger partial charge in [0.2, 0.25) is 5.60 Å². The third-order valence-electron chi connectivity index (χ3n) is 2.59. The molecule has 1 rings (SSSR count). The van der Waals surface area contributed by atoms with Gasteiger partial charge in [0.25, 0.3) is 0 Å². The first kappa shape index (κ1) is 17.0. The van der Waals surface area contributed by atoms with Crippen LogP contribution in [0.4, 0.5) is 17.6 Å². The van der Waals surface area contributed by atoms with Gasteiger partial charge < -0.3 is 10.3 Å². The molecule has 0 radical (unpaired) electrons. The minimum absolute atomic E-state index is 0.0512. The second kappa shape index (κ2) is 5.75. The molecule has 0 heterocycles. The third kappa shape index (κ3) is 3.34. The fraction of sp³-hybridized carbons (Fsp3) is 0.364. The monoisotopic (exact) mass is 333 g/mol. The number of halogens is 6. The number of hydrogen-bond donors (Lipinski definition) is 2. The molecule has 0 amide bonds. The first-order chi connectivity index (χ1) is 9.03. The zero-order valence-corrected chi connectivity index (χ0v) is 11.2. The van der Waals surface area contributed by atoms with Crippen LogP contribution < -0.4 is 0 Å². The van der Waals surface area contributed by atoms with E-state index >= 15 is 0 Å². The van der Waals surface area contributed by atoms with Crippen LogP contribution >= 0.6 is 23.2 Å². The van der Waals surface area contributed by atoms with Crippen molar-refractivity contribution in [3.8, 4) is 0 Å². The molecular formula is C11H9Cl2F4NO2. The third-order valence-corrected chi connectivity index (χ3v) is 3.21. The molecule has 0 aliphatic carbocycles. The molecule has 0 fully saturated rings. The van der Waals surface area contributed by atoms with Crippen LogP contribution in [0.3, 0.4) is 0 Å². The minimum atomic E-state index is -4.75. The number of alkyl halides is 6. The van der Waals surface area contributed by atoms with Crippen molar-refractivity contribution in [3.63, 3.8) is 0 Å². The van der Waals surface area contributed by atoms with Gasteiger partial charge in [0.05, 0.1) is 5.71 Å². The van der Waals surface area contributed by atoms with Crippen molar-refractivity contribution >= 4 is 28.9 Å². The van der Waals surface area contributed by atoms with E-state index in [1.807, 2.05) is 0 Å². The summed E-state index contributed by atoms with van der Waals surface area (Å²) in [5, 5.41) is 11.4. The smallest absolute Gasteiger partial charge is 0.357 e. The quantitative estimate of drug-likeness (QED) is 0.284. The molecule has 0 aliphatic heterocycles. The molecular weight excluding hydrogens is 325 g/mol. The van der Waals surface area contributed by atoms with E-state index in [1.54, 1.807) is 6.07 Å². The van der Waals surface area contributed by atoms with E-state index in [9.17, 15) is 22.7 Å². The normalized spacial score (nSPS) is 14.4. The highest BCUT2D eigenvalue weighted by Gasteiger charge is 2.67. The molecule has 0 aromatic heterocycles. The molecule has 20 heavy (non-hydrogen) atoms. The van der Waals surface area contributed by atoms with Gasteiger partial charge in [-0.25, -0.2) is 0 Å². The minimum Gasteiger partial charge on any atom is -0.411 e. The standard InChI is InChI=1S/C11H9Cl2F4NO2/c12-10(14,15)9(19,11(13,16)17)6-8(18-20)7-4-2-1-3-5-7/h1-5,19-20H,6H2/b18-8-. The van der Waals surface area contributed by atoms with Gasteiger partial charge >= 0.3 is 10.8 Å². The first-order valence-corrected chi connectivity index (χ1v) is 5.90. The lowest BCUT2D eigenvalue weighted by atomic mass is 9.93. The van der Waals surface area contributed by atoms with Crippen LogP contribution in [0.15, 0.2) is 35.5 Å². The Morgan fingerprint density at radius 2 is 1.50 bits per heavy atom. The molecule has 0 bridgehead atoms. The van der Waals surface area contributed by atoms with E-state index in [0.717, 1.165) is 0 Å². The second-order valence-corrected chi connectivity index (χ2v) is 4.89. The maximum atomic E-state index is 13.1. The van der Waals surface area contributed by atoms with E-state index in [0.29, 0.717) is 0 Å². The van der Waals surface area contributed by atoms with Gasteiger partial charge in [0.1, 0.15) is 0 Å². The van der Waals surface area contributed by atoms with Crippen LogP contribution in [-0.4, -0.2) is 32.4 Å². The predicted molar refractivity (Wildman–Crippen MR) is 65.9 cm³/mol. The Kier molecular flexibility index (Phi) is 4.89.